The molecule has 0 atom stereocenters. The van der Waals surface area contributed by atoms with E-state index >= 15 is 0 Å². The Balaban J connectivity index is 2.25. The van der Waals surface area contributed by atoms with Crippen LogP contribution in [0, 0.1) is 0 Å². The van der Waals surface area contributed by atoms with Crippen molar-refractivity contribution < 1.29 is 0 Å². The smallest absolute Gasteiger partial charge is 0.0879 e. The molecule has 2 nitrogen and oxygen atoms in total. The Hall–Kier alpha value is -1.22. The second-order valence-corrected chi connectivity index (χ2v) is 3.54. The third-order valence-corrected chi connectivity index (χ3v) is 2.28. The molecule has 2 rings (SSSR count). The molecule has 1 N–H and O–H groups in total. The third-order valence-electron chi connectivity index (χ3n) is 2.03. The first-order valence-corrected chi connectivity index (χ1v) is 5.24. The van der Waals surface area contributed by atoms with E-state index in [0.29, 0.717) is 0 Å². The minimum Gasteiger partial charge on any atom is -0.360 e. The van der Waals surface area contributed by atoms with E-state index in [-0.39, 0.29) is 0 Å². The second kappa shape index (κ2) is 4.33. The number of nitrogens with zero attached hydrogens (tertiary/aromatic N) is 1. The molecular weight excluding hydrogens is 192 g/mol. The van der Waals surface area contributed by atoms with Crippen molar-refractivity contribution in [2.24, 2.45) is 0 Å². The number of H-pyrrole nitrogens is 1. The average molecular weight is 204 g/mol. The number of fused-ring (bicyclic) bond motifs is 1. The highest BCUT2D eigenvalue weighted by Gasteiger charge is 1.94. The first-order valence-electron chi connectivity index (χ1n) is 4.60. The van der Waals surface area contributed by atoms with Gasteiger partial charge in [0.05, 0.1) is 11.0 Å². The summed E-state index contributed by atoms with van der Waals surface area (Å²) in [5.74, 6) is 0.884. The summed E-state index contributed by atoms with van der Waals surface area (Å²) in [6.07, 6.45) is 8.96. The summed E-state index contributed by atoms with van der Waals surface area (Å²) in [6.45, 7) is 0. The summed E-state index contributed by atoms with van der Waals surface area (Å²) in [5.41, 5.74) is 3.22. The summed E-state index contributed by atoms with van der Waals surface area (Å²) in [6, 6.07) is 4.06. The number of aromatic amines is 1. The largest absolute Gasteiger partial charge is 0.360 e. The van der Waals surface area contributed by atoms with Crippen molar-refractivity contribution in [3.63, 3.8) is 0 Å². The van der Waals surface area contributed by atoms with Gasteiger partial charge in [-0.05, 0) is 29.9 Å². The monoisotopic (exact) mass is 204 g/mol. The molecule has 0 fully saturated rings. The molecule has 0 spiro atoms. The standard InChI is InChI=1S/C11H12N2S/c14-6-2-1-3-9-7-11-10(13-8-9)4-5-12-11/h1,3-5,7-8,12,14H,2,6H2. The molecule has 3 heteroatoms. The van der Waals surface area contributed by atoms with E-state index < -0.39 is 0 Å². The Kier molecular flexibility index (Phi) is 2.89. The molecule has 0 radical (unpaired) electrons. The summed E-state index contributed by atoms with van der Waals surface area (Å²) in [5, 5.41) is 0. The number of rotatable bonds is 3. The predicted octanol–water partition coefficient (Wildman–Crippen LogP) is 2.90. The minimum absolute atomic E-state index is 0.884. The van der Waals surface area contributed by atoms with Gasteiger partial charge < -0.3 is 4.98 Å². The zero-order valence-corrected chi connectivity index (χ0v) is 8.67. The van der Waals surface area contributed by atoms with Gasteiger partial charge in [0, 0.05) is 12.4 Å². The van der Waals surface area contributed by atoms with Crippen LogP contribution >= 0.6 is 12.6 Å². The van der Waals surface area contributed by atoms with Gasteiger partial charge in [-0.25, -0.2) is 0 Å². The molecule has 0 saturated heterocycles. The van der Waals surface area contributed by atoms with Crippen LogP contribution in [0.15, 0.2) is 30.6 Å². The third kappa shape index (κ3) is 1.99. The van der Waals surface area contributed by atoms with E-state index in [9.17, 15) is 0 Å². The van der Waals surface area contributed by atoms with E-state index in [4.69, 9.17) is 0 Å². The maximum atomic E-state index is 4.32. The summed E-state index contributed by atoms with van der Waals surface area (Å²) >= 11 is 4.14. The van der Waals surface area contributed by atoms with Gasteiger partial charge in [0.1, 0.15) is 0 Å². The Morgan fingerprint density at radius 3 is 3.29 bits per heavy atom. The maximum Gasteiger partial charge on any atom is 0.0879 e. The number of hydrogen-bond donors (Lipinski definition) is 2. The van der Waals surface area contributed by atoms with Gasteiger partial charge in [0.25, 0.3) is 0 Å². The highest BCUT2D eigenvalue weighted by atomic mass is 32.1. The van der Waals surface area contributed by atoms with Crippen LogP contribution in [-0.2, 0) is 0 Å². The van der Waals surface area contributed by atoms with Crippen molar-refractivity contribution >= 4 is 29.7 Å². The molecule has 0 saturated carbocycles. The molecule has 0 aliphatic rings. The normalized spacial score (nSPS) is 11.5. The van der Waals surface area contributed by atoms with Gasteiger partial charge in [-0.2, -0.15) is 12.6 Å². The quantitative estimate of drug-likeness (QED) is 0.739. The lowest BCUT2D eigenvalue weighted by Crippen LogP contribution is -1.78. The SMILES string of the molecule is SCCC=Cc1cnc2cc[nH]c2c1. The van der Waals surface area contributed by atoms with Crippen LogP contribution in [0.2, 0.25) is 0 Å². The van der Waals surface area contributed by atoms with Crippen molar-refractivity contribution in [1.82, 2.24) is 9.97 Å². The molecule has 0 aliphatic heterocycles. The molecule has 0 amide bonds. The van der Waals surface area contributed by atoms with E-state index in [1.54, 1.807) is 0 Å². The summed E-state index contributed by atoms with van der Waals surface area (Å²) < 4.78 is 0. The molecule has 2 aromatic rings. The van der Waals surface area contributed by atoms with Crippen molar-refractivity contribution in [2.75, 3.05) is 5.75 Å². The van der Waals surface area contributed by atoms with Crippen LogP contribution in [0.4, 0.5) is 0 Å². The van der Waals surface area contributed by atoms with Gasteiger partial charge in [0.15, 0.2) is 0 Å². The van der Waals surface area contributed by atoms with Crippen LogP contribution in [0.1, 0.15) is 12.0 Å². The fourth-order valence-corrected chi connectivity index (χ4v) is 1.48. The van der Waals surface area contributed by atoms with Gasteiger partial charge in [0.2, 0.25) is 0 Å². The van der Waals surface area contributed by atoms with E-state index in [2.05, 4.69) is 40.8 Å². The van der Waals surface area contributed by atoms with Crippen LogP contribution < -0.4 is 0 Å². The lowest BCUT2D eigenvalue weighted by Gasteiger charge is -1.93. The van der Waals surface area contributed by atoms with Gasteiger partial charge in [-0.3, -0.25) is 4.98 Å². The second-order valence-electron chi connectivity index (χ2n) is 3.09. The Morgan fingerprint density at radius 2 is 2.43 bits per heavy atom. The Bertz CT molecular complexity index is 445. The Morgan fingerprint density at radius 1 is 1.50 bits per heavy atom. The minimum atomic E-state index is 0.884. The van der Waals surface area contributed by atoms with E-state index in [1.165, 1.54) is 0 Å². The molecule has 0 aliphatic carbocycles. The summed E-state index contributed by atoms with van der Waals surface area (Å²) in [7, 11) is 0. The number of allylic oxidation sites excluding steroid dienone is 1. The highest BCUT2D eigenvalue weighted by Crippen LogP contribution is 2.12. The maximum absolute atomic E-state index is 4.32. The van der Waals surface area contributed by atoms with Gasteiger partial charge in [-0.15, -0.1) is 0 Å². The first-order chi connectivity index (χ1) is 6.90. The first kappa shape index (κ1) is 9.34. The topological polar surface area (TPSA) is 28.7 Å². The molecule has 0 bridgehead atoms. The van der Waals surface area contributed by atoms with Crippen molar-refractivity contribution in [1.29, 1.82) is 0 Å². The molecule has 0 aromatic carbocycles. The van der Waals surface area contributed by atoms with E-state index in [1.807, 2.05) is 18.5 Å². The molecule has 72 valence electrons. The van der Waals surface area contributed by atoms with Gasteiger partial charge >= 0.3 is 0 Å². The average Bonchev–Trinajstić information content (AvgIpc) is 2.65. The fourth-order valence-electron chi connectivity index (χ4n) is 1.34. The van der Waals surface area contributed by atoms with Crippen molar-refractivity contribution in [2.45, 2.75) is 6.42 Å². The van der Waals surface area contributed by atoms with Crippen LogP contribution in [0.25, 0.3) is 17.1 Å². The zero-order valence-electron chi connectivity index (χ0n) is 7.77. The van der Waals surface area contributed by atoms with Crippen LogP contribution in [0.3, 0.4) is 0 Å². The molecule has 2 heterocycles. The molecular formula is C11H12N2S. The van der Waals surface area contributed by atoms with E-state index in [0.717, 1.165) is 28.8 Å². The van der Waals surface area contributed by atoms with Crippen LogP contribution in [-0.4, -0.2) is 15.7 Å². The number of hydrogen-bond acceptors (Lipinski definition) is 2. The molecule has 2 aromatic heterocycles. The number of thiol groups is 1. The number of pyridine rings is 1. The van der Waals surface area contributed by atoms with Gasteiger partial charge in [-0.1, -0.05) is 12.2 Å². The fraction of sp³-hybridized carbons (Fsp3) is 0.182. The highest BCUT2D eigenvalue weighted by molar-refractivity contribution is 7.80. The zero-order chi connectivity index (χ0) is 9.80. The van der Waals surface area contributed by atoms with Crippen LogP contribution in [0.5, 0.6) is 0 Å². The number of nitrogens with one attached hydrogen (secondary N) is 1. The van der Waals surface area contributed by atoms with Crippen molar-refractivity contribution in [3.8, 4) is 0 Å². The lowest BCUT2D eigenvalue weighted by atomic mass is 10.2. The predicted molar refractivity (Wildman–Crippen MR) is 63.6 cm³/mol. The number of aromatic nitrogens is 2. The lowest BCUT2D eigenvalue weighted by molar-refractivity contribution is 1.26. The molecule has 14 heavy (non-hydrogen) atoms. The Labute approximate surface area is 88.5 Å². The molecule has 0 unspecified atom stereocenters. The summed E-state index contributed by atoms with van der Waals surface area (Å²) in [4.78, 5) is 7.46. The van der Waals surface area contributed by atoms with Crippen molar-refractivity contribution in [3.05, 3.63) is 36.2 Å².